The summed E-state index contributed by atoms with van der Waals surface area (Å²) in [5, 5.41) is 28.9. The van der Waals surface area contributed by atoms with Crippen LogP contribution in [0.3, 0.4) is 0 Å². The first-order valence-electron chi connectivity index (χ1n) is 14.4. The highest BCUT2D eigenvalue weighted by Crippen LogP contribution is 2.13. The SMILES string of the molecule is CC(C)[C@H]1NC(=O)[C@@H](Cc2ccccc2)NC(=O)[C@@H](CC(=O)O)NC(=O)CNC(=O)[C@H](CCCN=C(N)N)NC1=O.O=C(O)C(F)(F)F. The maximum atomic E-state index is 13.4. The average Bonchev–Trinajstić information content (AvgIpc) is 2.98. The largest absolute Gasteiger partial charge is 0.490 e. The summed E-state index contributed by atoms with van der Waals surface area (Å²) in [5.74, 6) is -8.50. The van der Waals surface area contributed by atoms with Crippen LogP contribution in [0.4, 0.5) is 13.2 Å². The van der Waals surface area contributed by atoms with Crippen LogP contribution >= 0.6 is 0 Å². The molecule has 11 N–H and O–H groups in total. The number of hydrogen-bond acceptors (Lipinski definition) is 8. The lowest BCUT2D eigenvalue weighted by atomic mass is 10.00. The molecule has 20 heteroatoms. The number of guanidine groups is 1. The van der Waals surface area contributed by atoms with Crippen molar-refractivity contribution in [1.29, 1.82) is 0 Å². The zero-order chi connectivity index (χ0) is 36.6. The number of amides is 5. The first-order chi connectivity index (χ1) is 22.3. The second-order valence-corrected chi connectivity index (χ2v) is 10.7. The van der Waals surface area contributed by atoms with E-state index in [-0.39, 0.29) is 25.3 Å². The topological polar surface area (TPSA) is 285 Å². The lowest BCUT2D eigenvalue weighted by Gasteiger charge is -2.27. The number of halogens is 3. The van der Waals surface area contributed by atoms with Crippen LogP contribution in [0, 0.1) is 5.92 Å². The summed E-state index contributed by atoms with van der Waals surface area (Å²) in [7, 11) is 0. The van der Waals surface area contributed by atoms with E-state index >= 15 is 0 Å². The van der Waals surface area contributed by atoms with Crippen LogP contribution in [0.15, 0.2) is 35.3 Å². The molecule has 2 rings (SSSR count). The van der Waals surface area contributed by atoms with E-state index in [4.69, 9.17) is 21.4 Å². The Bertz CT molecular complexity index is 1340. The van der Waals surface area contributed by atoms with Gasteiger partial charge in [-0.2, -0.15) is 13.2 Å². The van der Waals surface area contributed by atoms with Crippen molar-refractivity contribution in [2.45, 2.75) is 69.9 Å². The quantitative estimate of drug-likeness (QED) is 0.0786. The molecule has 1 heterocycles. The molecule has 266 valence electrons. The number of rotatable bonds is 9. The molecule has 0 saturated carbocycles. The Morgan fingerprint density at radius 2 is 1.44 bits per heavy atom. The van der Waals surface area contributed by atoms with Gasteiger partial charge < -0.3 is 48.3 Å². The van der Waals surface area contributed by atoms with Gasteiger partial charge in [0.15, 0.2) is 5.96 Å². The van der Waals surface area contributed by atoms with E-state index in [0.29, 0.717) is 12.0 Å². The molecule has 1 fully saturated rings. The van der Waals surface area contributed by atoms with Crippen molar-refractivity contribution in [2.75, 3.05) is 13.1 Å². The third kappa shape index (κ3) is 15.2. The second kappa shape index (κ2) is 19.3. The van der Waals surface area contributed by atoms with Gasteiger partial charge in [-0.3, -0.25) is 33.8 Å². The number of alkyl halides is 3. The molecule has 0 spiro atoms. The van der Waals surface area contributed by atoms with Crippen LogP contribution in [0.25, 0.3) is 0 Å². The highest BCUT2D eigenvalue weighted by Gasteiger charge is 2.38. The third-order valence-corrected chi connectivity index (χ3v) is 6.44. The molecular formula is C28H39F3N8O9. The standard InChI is InChI=1S/C26H38N8O7.C2HF3O2/c1-14(2)21-25(41)32-16(9-6-10-29-26(27)28)22(38)30-13-19(35)31-18(12-20(36)37)23(39)33-17(24(40)34-21)11-15-7-4-3-5-8-15;3-2(4,5)1(6)7/h3-5,7-8,14,16-18,21H,6,9-13H2,1-2H3,(H,30,38)(H,31,35)(H,32,41)(H,33,39)(H,34,40)(H,36,37)(H4,27,28,29);(H,6,7)/t16-,17+,18+,21+;/m0./s1. The smallest absolute Gasteiger partial charge is 0.481 e. The van der Waals surface area contributed by atoms with Crippen LogP contribution in [0.5, 0.6) is 0 Å². The Morgan fingerprint density at radius 1 is 0.875 bits per heavy atom. The third-order valence-electron chi connectivity index (χ3n) is 6.44. The van der Waals surface area contributed by atoms with Gasteiger partial charge in [-0.1, -0.05) is 44.2 Å². The first-order valence-corrected chi connectivity index (χ1v) is 14.4. The highest BCUT2D eigenvalue weighted by molar-refractivity contribution is 5.98. The molecule has 17 nitrogen and oxygen atoms in total. The number of carboxylic acid groups (broad SMARTS) is 2. The van der Waals surface area contributed by atoms with Crippen molar-refractivity contribution in [3.05, 3.63) is 35.9 Å². The summed E-state index contributed by atoms with van der Waals surface area (Å²) >= 11 is 0. The van der Waals surface area contributed by atoms with Gasteiger partial charge in [-0.25, -0.2) is 4.79 Å². The molecule has 1 aromatic carbocycles. The minimum Gasteiger partial charge on any atom is -0.481 e. The Labute approximate surface area is 272 Å². The highest BCUT2D eigenvalue weighted by atomic mass is 19.4. The van der Waals surface area contributed by atoms with E-state index in [1.54, 1.807) is 44.2 Å². The summed E-state index contributed by atoms with van der Waals surface area (Å²) in [6, 6.07) is 3.79. The van der Waals surface area contributed by atoms with E-state index in [0.717, 1.165) is 0 Å². The normalized spacial score (nSPS) is 21.0. The lowest BCUT2D eigenvalue weighted by Crippen LogP contribution is -2.59. The molecule has 5 amide bonds. The van der Waals surface area contributed by atoms with Gasteiger partial charge in [0.1, 0.15) is 24.2 Å². The summed E-state index contributed by atoms with van der Waals surface area (Å²) in [5.41, 5.74) is 11.4. The van der Waals surface area contributed by atoms with Crippen LogP contribution < -0.4 is 38.1 Å². The van der Waals surface area contributed by atoms with Crippen molar-refractivity contribution >= 4 is 47.4 Å². The maximum absolute atomic E-state index is 13.4. The van der Waals surface area contributed by atoms with Crippen LogP contribution in [-0.2, 0) is 40.0 Å². The zero-order valence-corrected chi connectivity index (χ0v) is 26.0. The van der Waals surface area contributed by atoms with Gasteiger partial charge in [-0.05, 0) is 24.3 Å². The van der Waals surface area contributed by atoms with Crippen LogP contribution in [0.1, 0.15) is 38.7 Å². The number of carbonyl (C=O) groups is 7. The van der Waals surface area contributed by atoms with Crippen molar-refractivity contribution in [1.82, 2.24) is 26.6 Å². The molecule has 4 atom stereocenters. The Kier molecular flexibility index (Phi) is 16.3. The molecule has 1 aromatic rings. The van der Waals surface area contributed by atoms with Gasteiger partial charge in [0.2, 0.25) is 29.5 Å². The summed E-state index contributed by atoms with van der Waals surface area (Å²) in [6.45, 7) is 2.98. The monoisotopic (exact) mass is 688 g/mol. The summed E-state index contributed by atoms with van der Waals surface area (Å²) < 4.78 is 31.7. The zero-order valence-electron chi connectivity index (χ0n) is 26.0. The van der Waals surface area contributed by atoms with Gasteiger partial charge in [0, 0.05) is 13.0 Å². The Morgan fingerprint density at radius 3 is 1.96 bits per heavy atom. The van der Waals surface area contributed by atoms with Gasteiger partial charge in [0.25, 0.3) is 0 Å². The number of aliphatic carboxylic acids is 2. The molecule has 0 bridgehead atoms. The molecule has 1 aliphatic heterocycles. The maximum Gasteiger partial charge on any atom is 0.490 e. The van der Waals surface area contributed by atoms with E-state index < -0.39 is 90.7 Å². The number of nitrogens with one attached hydrogen (secondary N) is 5. The van der Waals surface area contributed by atoms with Gasteiger partial charge in [-0.15, -0.1) is 0 Å². The molecule has 0 aliphatic carbocycles. The summed E-state index contributed by atoms with van der Waals surface area (Å²) in [4.78, 5) is 89.6. The molecule has 0 aromatic heterocycles. The van der Waals surface area contributed by atoms with Crippen LogP contribution in [0.2, 0.25) is 0 Å². The Hall–Kier alpha value is -5.43. The Balaban J connectivity index is 0.00000148. The molecule has 1 saturated heterocycles. The van der Waals surface area contributed by atoms with E-state index in [1.165, 1.54) is 0 Å². The average molecular weight is 689 g/mol. The van der Waals surface area contributed by atoms with Crippen LogP contribution in [-0.4, -0.2) is 101 Å². The van der Waals surface area contributed by atoms with Gasteiger partial charge in [0.05, 0.1) is 13.0 Å². The molecular weight excluding hydrogens is 649 g/mol. The van der Waals surface area contributed by atoms with Crippen molar-refractivity contribution in [3.8, 4) is 0 Å². The second-order valence-electron chi connectivity index (χ2n) is 10.7. The minimum absolute atomic E-state index is 0.0199. The number of carboxylic acids is 2. The molecule has 1 aliphatic rings. The fourth-order valence-electron chi connectivity index (χ4n) is 4.07. The predicted molar refractivity (Wildman–Crippen MR) is 162 cm³/mol. The number of aliphatic imine (C=N–C) groups is 1. The van der Waals surface area contributed by atoms with Crippen molar-refractivity contribution < 1.29 is 56.9 Å². The summed E-state index contributed by atoms with van der Waals surface area (Å²) in [6.07, 6.45) is -5.42. The fourth-order valence-corrected chi connectivity index (χ4v) is 4.07. The molecule has 0 radical (unpaired) electrons. The van der Waals surface area contributed by atoms with Crippen molar-refractivity contribution in [2.24, 2.45) is 22.4 Å². The fraction of sp³-hybridized carbons (Fsp3) is 0.500. The minimum atomic E-state index is -5.08. The number of nitrogens with two attached hydrogens (primary N) is 2. The van der Waals surface area contributed by atoms with E-state index in [2.05, 4.69) is 31.6 Å². The first kappa shape index (κ1) is 40.6. The van der Waals surface area contributed by atoms with E-state index in [1.807, 2.05) is 0 Å². The van der Waals surface area contributed by atoms with Crippen molar-refractivity contribution in [3.63, 3.8) is 0 Å². The number of nitrogens with zero attached hydrogens (tertiary/aromatic N) is 1. The number of benzene rings is 1. The van der Waals surface area contributed by atoms with Gasteiger partial charge >= 0.3 is 18.1 Å². The predicted octanol–water partition coefficient (Wildman–Crippen LogP) is -1.88. The number of carbonyl (C=O) groups excluding carboxylic acids is 5. The van der Waals surface area contributed by atoms with E-state index in [9.17, 15) is 47.0 Å². The molecule has 0 unspecified atom stereocenters. The number of hydrogen-bond donors (Lipinski definition) is 9. The molecule has 48 heavy (non-hydrogen) atoms. The lowest BCUT2D eigenvalue weighted by molar-refractivity contribution is -0.192.